The summed E-state index contributed by atoms with van der Waals surface area (Å²) in [6.45, 7) is 6.05. The van der Waals surface area contributed by atoms with Crippen LogP contribution in [-0.4, -0.2) is 60.4 Å². The van der Waals surface area contributed by atoms with Gasteiger partial charge in [0, 0.05) is 12.6 Å². The Bertz CT molecular complexity index is 1120. The van der Waals surface area contributed by atoms with E-state index in [1.807, 2.05) is 55.1 Å². The average molecular weight is 481 g/mol. The molecular weight excluding hydrogens is 444 g/mol. The van der Waals surface area contributed by atoms with Crippen LogP contribution in [0.25, 0.3) is 10.8 Å². The van der Waals surface area contributed by atoms with Crippen molar-refractivity contribution in [2.24, 2.45) is 17.6 Å². The minimum atomic E-state index is -0.690. The minimum Gasteiger partial charge on any atom is -0.496 e. The Balaban J connectivity index is 1.57. The number of carbonyl (C=O) groups excluding carboxylic acids is 3. The fourth-order valence-electron chi connectivity index (χ4n) is 5.59. The van der Waals surface area contributed by atoms with Gasteiger partial charge in [-0.15, -0.1) is 0 Å². The van der Waals surface area contributed by atoms with Crippen molar-refractivity contribution in [1.82, 2.24) is 15.5 Å². The van der Waals surface area contributed by atoms with Crippen molar-refractivity contribution in [3.63, 3.8) is 0 Å². The molecule has 2 aromatic carbocycles. The van der Waals surface area contributed by atoms with Gasteiger partial charge in [-0.3, -0.25) is 14.4 Å². The number of likely N-dealkylation sites (tertiary alicyclic amines) is 1. The Morgan fingerprint density at radius 1 is 1.06 bits per heavy atom. The molecule has 1 heterocycles. The first-order chi connectivity index (χ1) is 16.7. The van der Waals surface area contributed by atoms with Crippen molar-refractivity contribution in [2.75, 3.05) is 13.7 Å². The molecule has 0 spiro atoms. The molecule has 0 aromatic heterocycles. The van der Waals surface area contributed by atoms with Crippen molar-refractivity contribution in [2.45, 2.75) is 64.2 Å². The van der Waals surface area contributed by atoms with Crippen LogP contribution in [0.4, 0.5) is 0 Å². The van der Waals surface area contributed by atoms with Gasteiger partial charge in [0.1, 0.15) is 11.8 Å². The van der Waals surface area contributed by atoms with Gasteiger partial charge in [0.15, 0.2) is 0 Å². The average Bonchev–Trinajstić information content (AvgIpc) is 3.43. The van der Waals surface area contributed by atoms with E-state index in [-0.39, 0.29) is 35.7 Å². The van der Waals surface area contributed by atoms with Crippen molar-refractivity contribution >= 4 is 28.5 Å². The lowest BCUT2D eigenvalue weighted by atomic mass is 9.99. The van der Waals surface area contributed by atoms with Gasteiger partial charge in [-0.2, -0.15) is 0 Å². The summed E-state index contributed by atoms with van der Waals surface area (Å²) in [5.41, 5.74) is 6.23. The molecule has 3 amide bonds. The van der Waals surface area contributed by atoms with Crippen molar-refractivity contribution in [3.8, 4) is 5.75 Å². The fourth-order valence-corrected chi connectivity index (χ4v) is 5.59. The smallest absolute Gasteiger partial charge is 0.255 e. The highest BCUT2D eigenvalue weighted by Gasteiger charge is 2.48. The Morgan fingerprint density at radius 2 is 1.80 bits per heavy atom. The predicted molar refractivity (Wildman–Crippen MR) is 135 cm³/mol. The van der Waals surface area contributed by atoms with E-state index < -0.39 is 12.1 Å². The summed E-state index contributed by atoms with van der Waals surface area (Å²) in [4.78, 5) is 41.3. The number of nitrogens with zero attached hydrogens (tertiary/aromatic N) is 1. The van der Waals surface area contributed by atoms with Crippen molar-refractivity contribution in [1.29, 1.82) is 0 Å². The van der Waals surface area contributed by atoms with E-state index in [9.17, 15) is 14.4 Å². The minimum absolute atomic E-state index is 0.0846. The molecule has 1 aliphatic carbocycles. The van der Waals surface area contributed by atoms with E-state index >= 15 is 0 Å². The lowest BCUT2D eigenvalue weighted by Crippen LogP contribution is -2.58. The maximum absolute atomic E-state index is 13.6. The number of fused-ring (bicyclic) bond motifs is 2. The molecule has 0 radical (unpaired) electrons. The molecule has 4 rings (SSSR count). The second-order valence-corrected chi connectivity index (χ2v) is 10.1. The molecular formula is C27H36N4O4. The van der Waals surface area contributed by atoms with Crippen molar-refractivity contribution in [3.05, 3.63) is 42.0 Å². The normalized spacial score (nSPS) is 23.1. The standard InChI is InChI=1S/C27H36N4O4/c1-15(2)23(30-25(32)16(3)28)27(34)31-14-13-18-9-11-20(24(18)31)29-26(33)22-19-8-6-5-7-17(19)10-12-21(22)35-4/h5-8,10,12,15-16,18,20,23-24H,9,11,13-14,28H2,1-4H3,(H,29,33)(H,30,32)/t16-,18?,20?,23?,24?/m0/s1. The van der Waals surface area contributed by atoms with E-state index in [1.165, 1.54) is 0 Å². The number of nitrogens with two attached hydrogens (primary N) is 1. The number of hydrogen-bond donors (Lipinski definition) is 3. The SMILES string of the molecule is COc1ccc2ccccc2c1C(=O)NC1CCC2CCN(C(=O)C(NC(=O)[C@H](C)N)C(C)C)C21. The van der Waals surface area contributed by atoms with Crippen molar-refractivity contribution < 1.29 is 19.1 Å². The van der Waals surface area contributed by atoms with E-state index in [2.05, 4.69) is 10.6 Å². The largest absolute Gasteiger partial charge is 0.496 e. The number of methoxy groups -OCH3 is 1. The first-order valence-corrected chi connectivity index (χ1v) is 12.5. The van der Waals surface area contributed by atoms with Crippen LogP contribution in [0.2, 0.25) is 0 Å². The number of nitrogens with one attached hydrogen (secondary N) is 2. The zero-order valence-electron chi connectivity index (χ0n) is 20.9. The molecule has 2 aromatic rings. The molecule has 0 bridgehead atoms. The van der Waals surface area contributed by atoms with Gasteiger partial charge in [0.05, 0.1) is 24.8 Å². The number of benzene rings is 2. The van der Waals surface area contributed by atoms with Gasteiger partial charge in [0.25, 0.3) is 5.91 Å². The maximum Gasteiger partial charge on any atom is 0.255 e. The van der Waals surface area contributed by atoms with E-state index in [4.69, 9.17) is 10.5 Å². The van der Waals surface area contributed by atoms with Crippen LogP contribution >= 0.6 is 0 Å². The summed E-state index contributed by atoms with van der Waals surface area (Å²) >= 11 is 0. The molecule has 1 saturated heterocycles. The van der Waals surface area contributed by atoms with E-state index in [0.717, 1.165) is 30.0 Å². The van der Waals surface area contributed by atoms with Gasteiger partial charge in [-0.05, 0) is 54.9 Å². The quantitative estimate of drug-likeness (QED) is 0.563. The third-order valence-corrected chi connectivity index (χ3v) is 7.43. The first-order valence-electron chi connectivity index (χ1n) is 12.5. The summed E-state index contributed by atoms with van der Waals surface area (Å²) in [5.74, 6) is 0.120. The molecule has 8 heteroatoms. The molecule has 4 N–H and O–H groups in total. The highest BCUT2D eigenvalue weighted by Crippen LogP contribution is 2.39. The van der Waals surface area contributed by atoms with Crippen LogP contribution in [0.5, 0.6) is 5.75 Å². The number of carbonyl (C=O) groups is 3. The molecule has 1 aliphatic heterocycles. The zero-order valence-corrected chi connectivity index (χ0v) is 20.9. The van der Waals surface area contributed by atoms with Crippen LogP contribution in [0.15, 0.2) is 36.4 Å². The van der Waals surface area contributed by atoms with Gasteiger partial charge < -0.3 is 26.0 Å². The summed E-state index contributed by atoms with van der Waals surface area (Å²) < 4.78 is 5.52. The third-order valence-electron chi connectivity index (χ3n) is 7.43. The lowest BCUT2D eigenvalue weighted by Gasteiger charge is -2.34. The third kappa shape index (κ3) is 4.85. The highest BCUT2D eigenvalue weighted by molar-refractivity contribution is 6.09. The highest BCUT2D eigenvalue weighted by atomic mass is 16.5. The molecule has 1 saturated carbocycles. The fraction of sp³-hybridized carbons (Fsp3) is 0.519. The molecule has 2 fully saturated rings. The number of rotatable bonds is 7. The second-order valence-electron chi connectivity index (χ2n) is 10.1. The predicted octanol–water partition coefficient (Wildman–Crippen LogP) is 2.45. The second kappa shape index (κ2) is 10.2. The summed E-state index contributed by atoms with van der Waals surface area (Å²) in [7, 11) is 1.56. The summed E-state index contributed by atoms with van der Waals surface area (Å²) in [5, 5.41) is 7.85. The van der Waals surface area contributed by atoms with Crippen LogP contribution in [-0.2, 0) is 9.59 Å². The molecule has 35 heavy (non-hydrogen) atoms. The Kier molecular flexibility index (Phi) is 7.31. The lowest BCUT2D eigenvalue weighted by molar-refractivity contribution is -0.139. The van der Waals surface area contributed by atoms with Crippen LogP contribution in [0.3, 0.4) is 0 Å². The molecule has 2 aliphatic rings. The summed E-state index contributed by atoms with van der Waals surface area (Å²) in [6, 6.07) is 9.89. The van der Waals surface area contributed by atoms with E-state index in [1.54, 1.807) is 14.0 Å². The van der Waals surface area contributed by atoms with Crippen LogP contribution in [0.1, 0.15) is 50.4 Å². The van der Waals surface area contributed by atoms with Gasteiger partial charge >= 0.3 is 0 Å². The first kappa shape index (κ1) is 25.0. The topological polar surface area (TPSA) is 114 Å². The monoisotopic (exact) mass is 480 g/mol. The molecule has 4 unspecified atom stereocenters. The number of hydrogen-bond acceptors (Lipinski definition) is 5. The molecule has 5 atom stereocenters. The van der Waals surface area contributed by atoms with Gasteiger partial charge in [-0.1, -0.05) is 44.2 Å². The number of amides is 3. The Labute approximate surface area is 206 Å². The summed E-state index contributed by atoms with van der Waals surface area (Å²) in [6.07, 6.45) is 2.65. The van der Waals surface area contributed by atoms with Crippen LogP contribution in [0, 0.1) is 11.8 Å². The Morgan fingerprint density at radius 3 is 2.49 bits per heavy atom. The van der Waals surface area contributed by atoms with E-state index in [0.29, 0.717) is 23.8 Å². The van der Waals surface area contributed by atoms with Gasteiger partial charge in [0.2, 0.25) is 11.8 Å². The Hall–Kier alpha value is -3.13. The zero-order chi connectivity index (χ0) is 25.3. The maximum atomic E-state index is 13.6. The van der Waals surface area contributed by atoms with Crippen LogP contribution < -0.4 is 21.1 Å². The molecule has 188 valence electrons. The molecule has 8 nitrogen and oxygen atoms in total. The van der Waals surface area contributed by atoms with Gasteiger partial charge in [-0.25, -0.2) is 0 Å². The number of ether oxygens (including phenoxy) is 1.